The maximum Gasteiger partial charge on any atom is 0.229 e. The second kappa shape index (κ2) is 7.36. The Balaban J connectivity index is 1.28. The monoisotopic (exact) mass is 441 g/mol. The Bertz CT molecular complexity index is 1070. The molecule has 32 heavy (non-hydrogen) atoms. The van der Waals surface area contributed by atoms with Gasteiger partial charge >= 0.3 is 0 Å². The molecule has 2 unspecified atom stereocenters. The summed E-state index contributed by atoms with van der Waals surface area (Å²) in [5.74, 6) is -0.699. The smallest absolute Gasteiger partial charge is 0.229 e. The zero-order valence-electron chi connectivity index (χ0n) is 18.0. The average molecular weight is 441 g/mol. The van der Waals surface area contributed by atoms with Crippen molar-refractivity contribution in [3.05, 3.63) is 65.2 Å². The fourth-order valence-electron chi connectivity index (χ4n) is 6.17. The Morgan fingerprint density at radius 2 is 1.91 bits per heavy atom. The number of alkyl halides is 1. The molecule has 0 N–H and O–H groups in total. The molecule has 0 spiro atoms. The van der Waals surface area contributed by atoms with Crippen LogP contribution in [0.2, 0.25) is 0 Å². The van der Waals surface area contributed by atoms with E-state index in [1.54, 1.807) is 28.1 Å². The molecule has 4 fully saturated rings. The second-order valence-corrected chi connectivity index (χ2v) is 9.80. The number of rotatable bonds is 6. The number of halogens is 3. The third kappa shape index (κ3) is 3.29. The van der Waals surface area contributed by atoms with Crippen LogP contribution in [-0.2, 0) is 4.79 Å². The summed E-state index contributed by atoms with van der Waals surface area (Å²) in [6.07, 6.45) is 1.25. The lowest BCUT2D eigenvalue weighted by atomic mass is 9.34. The van der Waals surface area contributed by atoms with E-state index >= 15 is 0 Å². The van der Waals surface area contributed by atoms with Crippen molar-refractivity contribution in [3.63, 3.8) is 0 Å². The summed E-state index contributed by atoms with van der Waals surface area (Å²) in [6.45, 7) is 6.17. The van der Waals surface area contributed by atoms with Crippen molar-refractivity contribution < 1.29 is 18.0 Å². The first-order valence-corrected chi connectivity index (χ1v) is 11.0. The summed E-state index contributed by atoms with van der Waals surface area (Å²) in [4.78, 5) is 15.1. The van der Waals surface area contributed by atoms with Crippen LogP contribution in [0.25, 0.3) is 0 Å². The minimum Gasteiger partial charge on any atom is -0.332 e. The fourth-order valence-corrected chi connectivity index (χ4v) is 6.17. The number of nitrogens with zero attached hydrogens (tertiary/aromatic N) is 3. The molecule has 1 aliphatic heterocycles. The fraction of sp³-hybridized carbons (Fsp3) is 0.440. The van der Waals surface area contributed by atoms with Gasteiger partial charge in [0.1, 0.15) is 17.8 Å². The van der Waals surface area contributed by atoms with Gasteiger partial charge in [-0.3, -0.25) is 9.80 Å². The van der Waals surface area contributed by atoms with Gasteiger partial charge in [0.25, 0.3) is 0 Å². The lowest BCUT2D eigenvalue weighted by molar-refractivity contribution is -0.213. The van der Waals surface area contributed by atoms with E-state index in [1.807, 2.05) is 6.92 Å². The standard InChI is InChI=1S/C25H26F3N3O/c1-16-8-19(27)6-7-21(16)31(29-2)15-24-12-25(13-24,14-24)23(32)30-11-20(28)10-22(30)17-4-3-5-18(26)9-17/h3-9,20,22H,2,10-15H2,1H3. The Morgan fingerprint density at radius 1 is 1.19 bits per heavy atom. The van der Waals surface area contributed by atoms with Gasteiger partial charge in [-0.15, -0.1) is 0 Å². The molecule has 1 heterocycles. The Morgan fingerprint density at radius 3 is 2.56 bits per heavy atom. The summed E-state index contributed by atoms with van der Waals surface area (Å²) in [5.41, 5.74) is 1.73. The number of hydrogen-bond donors (Lipinski definition) is 0. The maximum atomic E-state index is 14.3. The predicted molar refractivity (Wildman–Crippen MR) is 117 cm³/mol. The van der Waals surface area contributed by atoms with Crippen molar-refractivity contribution in [2.45, 2.75) is 44.8 Å². The molecule has 4 nitrogen and oxygen atoms in total. The first kappa shape index (κ1) is 21.0. The SMILES string of the molecule is C=NN(CC12CC(C(=O)N3CC(F)CC3c3cccc(F)c3)(C1)C2)c1ccc(F)cc1C. The van der Waals surface area contributed by atoms with Gasteiger partial charge in [0, 0.05) is 19.7 Å². The third-order valence-electron chi connectivity index (χ3n) is 7.43. The summed E-state index contributed by atoms with van der Waals surface area (Å²) < 4.78 is 41.5. The van der Waals surface area contributed by atoms with Gasteiger partial charge in [0.05, 0.1) is 23.7 Å². The molecule has 3 saturated carbocycles. The van der Waals surface area contributed by atoms with Crippen molar-refractivity contribution in [1.29, 1.82) is 0 Å². The number of amides is 1. The predicted octanol–water partition coefficient (Wildman–Crippen LogP) is 5.18. The number of carbonyl (C=O) groups is 1. The molecule has 1 amide bonds. The van der Waals surface area contributed by atoms with Gasteiger partial charge < -0.3 is 4.90 Å². The maximum absolute atomic E-state index is 14.3. The molecule has 0 aromatic heterocycles. The highest BCUT2D eigenvalue weighted by Gasteiger charge is 2.72. The number of carbonyl (C=O) groups excluding carboxylic acids is 1. The van der Waals surface area contributed by atoms with E-state index in [2.05, 4.69) is 11.8 Å². The first-order chi connectivity index (χ1) is 15.2. The van der Waals surface area contributed by atoms with E-state index in [9.17, 15) is 18.0 Å². The lowest BCUT2D eigenvalue weighted by Gasteiger charge is -2.70. The van der Waals surface area contributed by atoms with Crippen LogP contribution in [0.4, 0.5) is 18.9 Å². The molecule has 4 aliphatic rings. The number of benzene rings is 2. The van der Waals surface area contributed by atoms with Gasteiger partial charge in [-0.05, 0) is 73.1 Å². The zero-order valence-corrected chi connectivity index (χ0v) is 18.0. The van der Waals surface area contributed by atoms with Crippen LogP contribution in [0.1, 0.15) is 42.9 Å². The number of likely N-dealkylation sites (tertiary alicyclic amines) is 1. The molecule has 2 atom stereocenters. The normalized spacial score (nSPS) is 30.4. The molecule has 3 aliphatic carbocycles. The molecular weight excluding hydrogens is 415 g/mol. The Kier molecular flexibility index (Phi) is 4.84. The highest BCUT2D eigenvalue weighted by atomic mass is 19.1. The van der Waals surface area contributed by atoms with E-state index < -0.39 is 17.6 Å². The first-order valence-electron chi connectivity index (χ1n) is 11.0. The molecular formula is C25H26F3N3O. The minimum atomic E-state index is -1.10. The van der Waals surface area contributed by atoms with Crippen molar-refractivity contribution >= 4 is 18.3 Å². The van der Waals surface area contributed by atoms with Crippen LogP contribution in [0.3, 0.4) is 0 Å². The quantitative estimate of drug-likeness (QED) is 0.458. The molecule has 2 aromatic rings. The number of anilines is 1. The van der Waals surface area contributed by atoms with Gasteiger partial charge in [-0.1, -0.05) is 12.1 Å². The van der Waals surface area contributed by atoms with E-state index in [0.29, 0.717) is 31.4 Å². The highest BCUT2D eigenvalue weighted by Crippen LogP contribution is 2.74. The van der Waals surface area contributed by atoms with Crippen LogP contribution in [0.15, 0.2) is 47.6 Å². The zero-order chi connectivity index (χ0) is 22.7. The van der Waals surface area contributed by atoms with E-state index in [0.717, 1.165) is 11.3 Å². The van der Waals surface area contributed by atoms with Gasteiger partial charge in [-0.25, -0.2) is 13.2 Å². The van der Waals surface area contributed by atoms with Gasteiger partial charge in [-0.2, -0.15) is 5.10 Å². The van der Waals surface area contributed by atoms with E-state index in [-0.39, 0.29) is 35.9 Å². The molecule has 0 radical (unpaired) electrons. The second-order valence-electron chi connectivity index (χ2n) is 9.80. The van der Waals surface area contributed by atoms with Crippen molar-refractivity contribution in [3.8, 4) is 0 Å². The van der Waals surface area contributed by atoms with E-state index in [4.69, 9.17) is 0 Å². The molecule has 1 saturated heterocycles. The topological polar surface area (TPSA) is 35.9 Å². The van der Waals surface area contributed by atoms with Crippen LogP contribution in [0, 0.1) is 29.4 Å². The van der Waals surface area contributed by atoms with Gasteiger partial charge in [0.2, 0.25) is 5.91 Å². The number of hydrazone groups is 1. The Hall–Kier alpha value is -2.83. The summed E-state index contributed by atoms with van der Waals surface area (Å²) in [5, 5.41) is 5.92. The Labute approximate surface area is 185 Å². The van der Waals surface area contributed by atoms with Crippen molar-refractivity contribution in [2.24, 2.45) is 15.9 Å². The average Bonchev–Trinajstić information content (AvgIpc) is 3.08. The molecule has 168 valence electrons. The third-order valence-corrected chi connectivity index (χ3v) is 7.43. The summed E-state index contributed by atoms with van der Waals surface area (Å²) in [7, 11) is 0. The van der Waals surface area contributed by atoms with E-state index in [1.165, 1.54) is 24.3 Å². The molecule has 2 bridgehead atoms. The minimum absolute atomic E-state index is 0.0233. The number of hydrogen-bond acceptors (Lipinski definition) is 3. The molecule has 6 rings (SSSR count). The van der Waals surface area contributed by atoms with Crippen molar-refractivity contribution in [2.75, 3.05) is 18.1 Å². The summed E-state index contributed by atoms with van der Waals surface area (Å²) in [6, 6.07) is 10.2. The number of aryl methyl sites for hydroxylation is 1. The molecule has 2 aromatic carbocycles. The van der Waals surface area contributed by atoms with Crippen LogP contribution in [0.5, 0.6) is 0 Å². The largest absolute Gasteiger partial charge is 0.332 e. The van der Waals surface area contributed by atoms with Crippen LogP contribution >= 0.6 is 0 Å². The van der Waals surface area contributed by atoms with Gasteiger partial charge in [0.15, 0.2) is 0 Å². The van der Waals surface area contributed by atoms with Crippen LogP contribution < -0.4 is 5.01 Å². The van der Waals surface area contributed by atoms with Crippen LogP contribution in [-0.4, -0.2) is 36.8 Å². The highest BCUT2D eigenvalue weighted by molar-refractivity contribution is 5.87. The lowest BCUT2D eigenvalue weighted by Crippen LogP contribution is -2.70. The summed E-state index contributed by atoms with van der Waals surface area (Å²) >= 11 is 0. The van der Waals surface area contributed by atoms with Crippen molar-refractivity contribution in [1.82, 2.24) is 4.90 Å². The molecule has 7 heteroatoms.